The Bertz CT molecular complexity index is 1400. The molecular formula is C30H33N7O2. The zero-order valence-electron chi connectivity index (χ0n) is 22.2. The highest BCUT2D eigenvalue weighted by atomic mass is 16.2. The fourth-order valence-corrected chi connectivity index (χ4v) is 4.95. The van der Waals surface area contributed by atoms with Gasteiger partial charge in [0.1, 0.15) is 5.82 Å². The summed E-state index contributed by atoms with van der Waals surface area (Å²) in [6.07, 6.45) is 8.18. The first-order valence-corrected chi connectivity index (χ1v) is 13.4. The van der Waals surface area contributed by atoms with Gasteiger partial charge in [-0.1, -0.05) is 37.3 Å². The Morgan fingerprint density at radius 3 is 2.77 bits per heavy atom. The minimum atomic E-state index is -0.364. The fraction of sp³-hybridized carbons (Fsp3) is 0.367. The Morgan fingerprint density at radius 1 is 1.18 bits per heavy atom. The third-order valence-electron chi connectivity index (χ3n) is 7.36. The Balaban J connectivity index is 1.16. The number of nitriles is 1. The van der Waals surface area contributed by atoms with Crippen molar-refractivity contribution in [3.05, 3.63) is 72.1 Å². The third kappa shape index (κ3) is 6.59. The largest absolute Gasteiger partial charge is 0.309 e. The monoisotopic (exact) mass is 523 g/mol. The zero-order valence-corrected chi connectivity index (χ0v) is 22.2. The molecule has 0 radical (unpaired) electrons. The lowest BCUT2D eigenvalue weighted by Gasteiger charge is -2.16. The van der Waals surface area contributed by atoms with E-state index in [0.29, 0.717) is 30.0 Å². The number of rotatable bonds is 9. The lowest BCUT2D eigenvalue weighted by Crippen LogP contribution is -2.28. The summed E-state index contributed by atoms with van der Waals surface area (Å²) < 4.78 is 0. The highest BCUT2D eigenvalue weighted by Gasteiger charge is 2.28. The smallest absolute Gasteiger partial charge is 0.249 e. The molecule has 1 saturated heterocycles. The molecule has 9 heteroatoms. The number of hydrogen-bond donors (Lipinski definition) is 3. The molecule has 1 aliphatic heterocycles. The van der Waals surface area contributed by atoms with Crippen molar-refractivity contribution < 1.29 is 9.59 Å². The van der Waals surface area contributed by atoms with E-state index in [1.54, 1.807) is 18.3 Å². The molecule has 9 nitrogen and oxygen atoms in total. The molecule has 200 valence electrons. The average Bonchev–Trinajstić information content (AvgIpc) is 3.58. The van der Waals surface area contributed by atoms with Crippen molar-refractivity contribution in [2.75, 3.05) is 23.7 Å². The lowest BCUT2D eigenvalue weighted by molar-refractivity contribution is -0.117. The molecule has 0 bridgehead atoms. The molecule has 0 unspecified atom stereocenters. The van der Waals surface area contributed by atoms with Crippen LogP contribution >= 0.6 is 0 Å². The van der Waals surface area contributed by atoms with Gasteiger partial charge in [-0.3, -0.25) is 19.6 Å². The highest BCUT2D eigenvalue weighted by molar-refractivity contribution is 5.98. The number of H-pyrrole nitrogens is 1. The highest BCUT2D eigenvalue weighted by Crippen LogP contribution is 2.39. The Labute approximate surface area is 228 Å². The molecule has 2 amide bonds. The van der Waals surface area contributed by atoms with Crippen LogP contribution in [0, 0.1) is 17.2 Å². The predicted octanol–water partition coefficient (Wildman–Crippen LogP) is 4.82. The normalized spacial score (nSPS) is 20.0. The van der Waals surface area contributed by atoms with E-state index in [0.717, 1.165) is 35.3 Å². The van der Waals surface area contributed by atoms with Crippen molar-refractivity contribution in [2.24, 2.45) is 5.92 Å². The van der Waals surface area contributed by atoms with Crippen molar-refractivity contribution in [1.29, 1.82) is 5.26 Å². The van der Waals surface area contributed by atoms with Crippen molar-refractivity contribution in [3.63, 3.8) is 0 Å². The number of aromatic nitrogens is 3. The van der Waals surface area contributed by atoms with E-state index >= 15 is 0 Å². The number of pyridine rings is 1. The van der Waals surface area contributed by atoms with E-state index in [9.17, 15) is 14.9 Å². The number of likely N-dealkylation sites (tertiary alicyclic amines) is 1. The van der Waals surface area contributed by atoms with Gasteiger partial charge in [0, 0.05) is 48.6 Å². The van der Waals surface area contributed by atoms with Crippen LogP contribution in [-0.4, -0.2) is 51.0 Å². The van der Waals surface area contributed by atoms with Gasteiger partial charge in [-0.05, 0) is 55.4 Å². The number of amides is 2. The molecular weight excluding hydrogens is 490 g/mol. The maximum absolute atomic E-state index is 12.9. The molecule has 3 heterocycles. The molecule has 3 atom stereocenters. The van der Waals surface area contributed by atoms with E-state index in [2.05, 4.69) is 43.7 Å². The van der Waals surface area contributed by atoms with E-state index in [1.165, 1.54) is 18.9 Å². The minimum absolute atomic E-state index is 0.0888. The van der Waals surface area contributed by atoms with Crippen LogP contribution in [0.2, 0.25) is 0 Å². The van der Waals surface area contributed by atoms with Gasteiger partial charge in [0.15, 0.2) is 5.82 Å². The van der Waals surface area contributed by atoms with E-state index in [1.807, 2.05) is 43.3 Å². The molecule has 5 rings (SSSR count). The van der Waals surface area contributed by atoms with Gasteiger partial charge < -0.3 is 10.6 Å². The first-order chi connectivity index (χ1) is 18.9. The molecule has 0 spiro atoms. The fourth-order valence-electron chi connectivity index (χ4n) is 4.95. The zero-order chi connectivity index (χ0) is 27.4. The van der Waals surface area contributed by atoms with Crippen LogP contribution in [0.15, 0.2) is 60.8 Å². The topological polar surface area (TPSA) is 127 Å². The number of hydrogen-bond acceptors (Lipinski definition) is 6. The summed E-state index contributed by atoms with van der Waals surface area (Å²) in [5.74, 6) is 1.29. The summed E-state index contributed by atoms with van der Waals surface area (Å²) in [5, 5.41) is 22.2. The first-order valence-electron chi connectivity index (χ1n) is 13.4. The lowest BCUT2D eigenvalue weighted by atomic mass is 9.96. The predicted molar refractivity (Wildman–Crippen MR) is 150 cm³/mol. The molecule has 2 fully saturated rings. The van der Waals surface area contributed by atoms with Gasteiger partial charge in [0.05, 0.1) is 18.0 Å². The Hall–Kier alpha value is -4.29. The molecule has 1 saturated carbocycles. The van der Waals surface area contributed by atoms with Crippen LogP contribution in [0.3, 0.4) is 0 Å². The second-order valence-electron chi connectivity index (χ2n) is 10.6. The van der Waals surface area contributed by atoms with Gasteiger partial charge in [0.2, 0.25) is 11.8 Å². The summed E-state index contributed by atoms with van der Waals surface area (Å²) in [7, 11) is 0. The summed E-state index contributed by atoms with van der Waals surface area (Å²) in [6.45, 7) is 5.44. The first kappa shape index (κ1) is 26.3. The Kier molecular flexibility index (Phi) is 7.84. The second kappa shape index (κ2) is 11.6. The Morgan fingerprint density at radius 2 is 2.03 bits per heavy atom. The summed E-state index contributed by atoms with van der Waals surface area (Å²) >= 11 is 0. The summed E-state index contributed by atoms with van der Waals surface area (Å²) in [5.41, 5.74) is 3.77. The van der Waals surface area contributed by atoms with Gasteiger partial charge >= 0.3 is 0 Å². The van der Waals surface area contributed by atoms with Crippen LogP contribution in [0.4, 0.5) is 11.6 Å². The van der Waals surface area contributed by atoms with Crippen molar-refractivity contribution in [2.45, 2.75) is 51.0 Å². The average molecular weight is 524 g/mol. The SMILES string of the molecule is C[C@H]1C[C@@H](C#N)N(C/C=C/C(=O)Nc2ccc(-c3cccc([C@H](C)C(=O)Nc4cc(C5CC5)[nH]n4)c3)cn2)C1. The van der Waals surface area contributed by atoms with Crippen LogP contribution in [-0.2, 0) is 9.59 Å². The van der Waals surface area contributed by atoms with Gasteiger partial charge in [-0.2, -0.15) is 10.4 Å². The molecule has 1 aromatic carbocycles. The van der Waals surface area contributed by atoms with Gasteiger partial charge in [0.25, 0.3) is 0 Å². The van der Waals surface area contributed by atoms with Crippen molar-refractivity contribution >= 4 is 23.5 Å². The van der Waals surface area contributed by atoms with Gasteiger partial charge in [-0.15, -0.1) is 0 Å². The summed E-state index contributed by atoms with van der Waals surface area (Å²) in [6, 6.07) is 15.6. The van der Waals surface area contributed by atoms with E-state index in [4.69, 9.17) is 0 Å². The number of aromatic amines is 1. The third-order valence-corrected chi connectivity index (χ3v) is 7.36. The molecule has 39 heavy (non-hydrogen) atoms. The quantitative estimate of drug-likeness (QED) is 0.345. The maximum Gasteiger partial charge on any atom is 0.249 e. The molecule has 3 N–H and O–H groups in total. The number of benzene rings is 1. The summed E-state index contributed by atoms with van der Waals surface area (Å²) in [4.78, 5) is 31.7. The van der Waals surface area contributed by atoms with Crippen LogP contribution in [0.25, 0.3) is 11.1 Å². The van der Waals surface area contributed by atoms with Crippen LogP contribution < -0.4 is 10.6 Å². The standard InChI is InChI=1S/C30H33N7O2/c1-19-13-25(16-31)37(18-19)12-4-7-29(38)33-27-11-10-24(17-32-27)23-6-3-5-22(14-23)20(2)30(39)34-28-15-26(35-36-28)21-8-9-21/h3-7,10-11,14-15,17,19-21,25H,8-9,12-13,18H2,1-2H3,(H,32,33,38)(H2,34,35,36,39)/b7-4+/t19-,20-,25-/m0/s1. The molecule has 2 aliphatic rings. The van der Waals surface area contributed by atoms with Crippen molar-refractivity contribution in [1.82, 2.24) is 20.1 Å². The minimum Gasteiger partial charge on any atom is -0.309 e. The van der Waals surface area contributed by atoms with E-state index < -0.39 is 0 Å². The number of nitrogens with one attached hydrogen (secondary N) is 3. The number of anilines is 2. The van der Waals surface area contributed by atoms with Crippen LogP contribution in [0.1, 0.15) is 56.2 Å². The second-order valence-corrected chi connectivity index (χ2v) is 10.6. The van der Waals surface area contributed by atoms with Crippen LogP contribution in [0.5, 0.6) is 0 Å². The molecule has 3 aromatic rings. The van der Waals surface area contributed by atoms with Crippen molar-refractivity contribution in [3.8, 4) is 17.2 Å². The number of nitrogens with zero attached hydrogens (tertiary/aromatic N) is 4. The molecule has 1 aliphatic carbocycles. The number of carbonyl (C=O) groups is 2. The van der Waals surface area contributed by atoms with E-state index in [-0.39, 0.29) is 23.8 Å². The van der Waals surface area contributed by atoms with Gasteiger partial charge in [-0.25, -0.2) is 4.98 Å². The maximum atomic E-state index is 12.9. The molecule has 2 aromatic heterocycles. The number of carbonyl (C=O) groups excluding carboxylic acids is 2.